The highest BCUT2D eigenvalue weighted by Gasteiger charge is 1.97. The van der Waals surface area contributed by atoms with E-state index in [1.165, 1.54) is 12.1 Å². The third-order valence-electron chi connectivity index (χ3n) is 1.09. The number of hydrogen-bond donors (Lipinski definition) is 0. The fourth-order valence-electron chi connectivity index (χ4n) is 0.583. The second kappa shape index (κ2) is 2.80. The minimum atomic E-state index is -0.466. The molecule has 0 bridgehead atoms. The summed E-state index contributed by atoms with van der Waals surface area (Å²) in [6.07, 6.45) is 0. The molecule has 0 saturated carbocycles. The van der Waals surface area contributed by atoms with Crippen LogP contribution in [0.1, 0.15) is 0 Å². The van der Waals surface area contributed by atoms with E-state index in [1.54, 1.807) is 6.07 Å². The van der Waals surface area contributed by atoms with Crippen molar-refractivity contribution in [2.24, 2.45) is 4.99 Å². The van der Waals surface area contributed by atoms with Crippen molar-refractivity contribution in [3.8, 4) is 0 Å². The lowest BCUT2D eigenvalue weighted by atomic mass is 10.3. The first kappa shape index (κ1) is 7.22. The summed E-state index contributed by atoms with van der Waals surface area (Å²) < 4.78 is 12.5. The maximum absolute atomic E-state index is 12.5. The Bertz CT molecular complexity index is 260. The van der Waals surface area contributed by atoms with Crippen molar-refractivity contribution in [3.63, 3.8) is 0 Å². The first-order valence-corrected chi connectivity index (χ1v) is 3.03. The summed E-state index contributed by atoms with van der Waals surface area (Å²) in [6.45, 7) is 3.24. The Kier molecular flexibility index (Phi) is 2.02. The van der Waals surface area contributed by atoms with E-state index in [1.807, 2.05) is 0 Å². The molecule has 0 aliphatic heterocycles. The molecule has 0 heterocycles. The number of halogens is 2. The van der Waals surface area contributed by atoms with Gasteiger partial charge in [-0.2, -0.15) is 0 Å². The molecule has 0 saturated heterocycles. The Morgan fingerprint density at radius 2 is 2.20 bits per heavy atom. The summed E-state index contributed by atoms with van der Waals surface area (Å²) in [5.74, 6) is -0.466. The van der Waals surface area contributed by atoms with Gasteiger partial charge in [0.2, 0.25) is 0 Å². The molecular formula is C7H5ClFN. The molecule has 0 aromatic heterocycles. The van der Waals surface area contributed by atoms with Crippen LogP contribution in [0.25, 0.3) is 0 Å². The fourth-order valence-corrected chi connectivity index (χ4v) is 0.701. The van der Waals surface area contributed by atoms with Crippen LogP contribution < -0.4 is 0 Å². The zero-order valence-electron chi connectivity index (χ0n) is 5.14. The molecule has 1 rings (SSSR count). The lowest BCUT2D eigenvalue weighted by Gasteiger charge is -1.93. The Balaban J connectivity index is 3.16. The van der Waals surface area contributed by atoms with E-state index in [0.717, 1.165) is 0 Å². The van der Waals surface area contributed by atoms with Gasteiger partial charge in [0.25, 0.3) is 0 Å². The van der Waals surface area contributed by atoms with Crippen LogP contribution in [-0.4, -0.2) is 6.72 Å². The molecule has 0 aliphatic carbocycles. The Labute approximate surface area is 63.2 Å². The monoisotopic (exact) mass is 157 g/mol. The van der Waals surface area contributed by atoms with Crippen molar-refractivity contribution >= 4 is 24.0 Å². The number of hydrogen-bond acceptors (Lipinski definition) is 1. The molecule has 0 aliphatic rings. The lowest BCUT2D eigenvalue weighted by Crippen LogP contribution is -1.73. The highest BCUT2D eigenvalue weighted by molar-refractivity contribution is 6.30. The molecule has 3 heteroatoms. The molecular weight excluding hydrogens is 153 g/mol. The molecule has 52 valence electrons. The zero-order valence-corrected chi connectivity index (χ0v) is 5.90. The molecule has 1 aromatic rings. The summed E-state index contributed by atoms with van der Waals surface area (Å²) in [5, 5.41) is 0.104. The molecule has 0 radical (unpaired) electrons. The predicted octanol–water partition coefficient (Wildman–Crippen LogP) is 2.81. The largest absolute Gasteiger partial charge is 0.265 e. The predicted molar refractivity (Wildman–Crippen MR) is 40.6 cm³/mol. The number of benzene rings is 1. The van der Waals surface area contributed by atoms with E-state index in [0.29, 0.717) is 5.69 Å². The van der Waals surface area contributed by atoms with Gasteiger partial charge < -0.3 is 0 Å². The lowest BCUT2D eigenvalue weighted by molar-refractivity contribution is 0.628. The maximum Gasteiger partial charge on any atom is 0.143 e. The quantitative estimate of drug-likeness (QED) is 0.556. The van der Waals surface area contributed by atoms with Crippen LogP contribution >= 0.6 is 11.6 Å². The summed E-state index contributed by atoms with van der Waals surface area (Å²) in [4.78, 5) is 3.52. The van der Waals surface area contributed by atoms with Crippen molar-refractivity contribution in [2.75, 3.05) is 0 Å². The van der Waals surface area contributed by atoms with Gasteiger partial charge in [-0.25, -0.2) is 4.39 Å². The van der Waals surface area contributed by atoms with Gasteiger partial charge in [-0.1, -0.05) is 11.6 Å². The first-order chi connectivity index (χ1) is 4.74. The van der Waals surface area contributed by atoms with Crippen LogP contribution in [0, 0.1) is 5.82 Å². The highest BCUT2D eigenvalue weighted by atomic mass is 35.5. The Hall–Kier alpha value is -0.890. The van der Waals surface area contributed by atoms with Gasteiger partial charge in [0.05, 0.1) is 10.7 Å². The average molecular weight is 158 g/mol. The van der Waals surface area contributed by atoms with E-state index >= 15 is 0 Å². The van der Waals surface area contributed by atoms with Crippen molar-refractivity contribution in [3.05, 3.63) is 29.0 Å². The normalized spacial score (nSPS) is 9.40. The van der Waals surface area contributed by atoms with Crippen molar-refractivity contribution < 1.29 is 4.39 Å². The third-order valence-corrected chi connectivity index (χ3v) is 1.39. The smallest absolute Gasteiger partial charge is 0.143 e. The van der Waals surface area contributed by atoms with Crippen LogP contribution in [0.2, 0.25) is 5.02 Å². The SMILES string of the molecule is C=Nc1ccc(Cl)c(F)c1. The van der Waals surface area contributed by atoms with Gasteiger partial charge in [0, 0.05) is 6.07 Å². The second-order valence-electron chi connectivity index (χ2n) is 1.76. The van der Waals surface area contributed by atoms with Gasteiger partial charge in [0.1, 0.15) is 5.82 Å². The van der Waals surface area contributed by atoms with E-state index in [2.05, 4.69) is 11.7 Å². The van der Waals surface area contributed by atoms with Gasteiger partial charge in [-0.05, 0) is 18.9 Å². The van der Waals surface area contributed by atoms with E-state index in [9.17, 15) is 4.39 Å². The highest BCUT2D eigenvalue weighted by Crippen LogP contribution is 2.19. The van der Waals surface area contributed by atoms with Crippen LogP contribution in [-0.2, 0) is 0 Å². The summed E-state index contributed by atoms with van der Waals surface area (Å²) >= 11 is 5.40. The minimum Gasteiger partial charge on any atom is -0.265 e. The van der Waals surface area contributed by atoms with Crippen LogP contribution in [0.15, 0.2) is 23.2 Å². The number of nitrogens with zero attached hydrogens (tertiary/aromatic N) is 1. The molecule has 0 atom stereocenters. The molecule has 1 nitrogen and oxygen atoms in total. The van der Waals surface area contributed by atoms with Crippen molar-refractivity contribution in [1.29, 1.82) is 0 Å². The summed E-state index contributed by atoms with van der Waals surface area (Å²) in [5.41, 5.74) is 0.488. The molecule has 0 amide bonds. The summed E-state index contributed by atoms with van der Waals surface area (Å²) in [6, 6.07) is 4.27. The zero-order chi connectivity index (χ0) is 7.56. The van der Waals surface area contributed by atoms with Crippen LogP contribution in [0.4, 0.5) is 10.1 Å². The van der Waals surface area contributed by atoms with Crippen molar-refractivity contribution in [1.82, 2.24) is 0 Å². The van der Waals surface area contributed by atoms with Gasteiger partial charge in [0.15, 0.2) is 0 Å². The van der Waals surface area contributed by atoms with Crippen LogP contribution in [0.3, 0.4) is 0 Å². The topological polar surface area (TPSA) is 12.4 Å². The molecule has 0 fully saturated rings. The third kappa shape index (κ3) is 1.33. The van der Waals surface area contributed by atoms with Gasteiger partial charge in [-0.3, -0.25) is 4.99 Å². The standard InChI is InChI=1S/C7H5ClFN/c1-10-5-2-3-6(8)7(9)4-5/h2-4H,1H2. The van der Waals surface area contributed by atoms with Crippen LogP contribution in [0.5, 0.6) is 0 Å². The Morgan fingerprint density at radius 3 is 2.70 bits per heavy atom. The first-order valence-electron chi connectivity index (χ1n) is 2.66. The molecule has 1 aromatic carbocycles. The molecule has 0 unspecified atom stereocenters. The average Bonchev–Trinajstić information content (AvgIpc) is 1.95. The minimum absolute atomic E-state index is 0.104. The van der Waals surface area contributed by atoms with E-state index in [-0.39, 0.29) is 5.02 Å². The molecule has 0 N–H and O–H groups in total. The second-order valence-corrected chi connectivity index (χ2v) is 2.16. The number of aliphatic imine (C=N–C) groups is 1. The van der Waals surface area contributed by atoms with E-state index in [4.69, 9.17) is 11.6 Å². The van der Waals surface area contributed by atoms with E-state index < -0.39 is 5.82 Å². The van der Waals surface area contributed by atoms with Crippen molar-refractivity contribution in [2.45, 2.75) is 0 Å². The van der Waals surface area contributed by atoms with Gasteiger partial charge >= 0.3 is 0 Å². The molecule has 0 spiro atoms. The fraction of sp³-hybridized carbons (Fsp3) is 0. The van der Waals surface area contributed by atoms with Gasteiger partial charge in [-0.15, -0.1) is 0 Å². The maximum atomic E-state index is 12.5. The number of rotatable bonds is 1. The summed E-state index contributed by atoms with van der Waals surface area (Å²) in [7, 11) is 0. The Morgan fingerprint density at radius 1 is 1.50 bits per heavy atom. The molecule has 10 heavy (non-hydrogen) atoms.